The van der Waals surface area contributed by atoms with Crippen molar-refractivity contribution in [3.05, 3.63) is 27.8 Å². The lowest BCUT2D eigenvalue weighted by molar-refractivity contribution is 0.352. The van der Waals surface area contributed by atoms with E-state index in [2.05, 4.69) is 6.92 Å². The van der Waals surface area contributed by atoms with E-state index >= 15 is 0 Å². The van der Waals surface area contributed by atoms with Crippen molar-refractivity contribution in [2.75, 3.05) is 6.61 Å². The minimum absolute atomic E-state index is 0.0319. The molecular weight excluding hydrogens is 255 g/mol. The predicted octanol–water partition coefficient (Wildman–Crippen LogP) is 4.53. The summed E-state index contributed by atoms with van der Waals surface area (Å²) in [6.45, 7) is 3.04. The van der Waals surface area contributed by atoms with E-state index < -0.39 is 0 Å². The summed E-state index contributed by atoms with van der Waals surface area (Å²) >= 11 is 12.9. The lowest BCUT2D eigenvalue weighted by Crippen LogP contribution is -1.99. The summed E-state index contributed by atoms with van der Waals surface area (Å²) in [5.74, 6) is 1.72. The zero-order valence-electron chi connectivity index (χ0n) is 9.93. The molecule has 0 aromatic heterocycles. The quantitative estimate of drug-likeness (QED) is 0.497. The number of hydrogen-bond donors (Lipinski definition) is 0. The molecule has 0 amide bonds. The van der Waals surface area contributed by atoms with Crippen molar-refractivity contribution in [1.82, 2.24) is 0 Å². The van der Waals surface area contributed by atoms with Gasteiger partial charge in [0.2, 0.25) is 0 Å². The normalized spacial score (nSPS) is 27.0. The van der Waals surface area contributed by atoms with Crippen LogP contribution in [-0.4, -0.2) is 6.61 Å². The van der Waals surface area contributed by atoms with Gasteiger partial charge in [-0.1, -0.05) is 18.5 Å². The molecule has 0 saturated carbocycles. The van der Waals surface area contributed by atoms with Crippen LogP contribution in [0.15, 0.2) is 6.07 Å². The summed E-state index contributed by atoms with van der Waals surface area (Å²) in [4.78, 5) is 0. The number of fused-ring (bicyclic) bond motifs is 3. The smallest absolute Gasteiger partial charge is 0.126 e. The Balaban J connectivity index is 2.16. The standard InChI is InChI=1S/C14H16Cl2O/c1-8-2-3-10-13(11(15)6-8)12(16)7-9-4-5-17-14(9)10/h7-8,11H,2-6H2,1H3. The Hall–Kier alpha value is -0.400. The summed E-state index contributed by atoms with van der Waals surface area (Å²) in [7, 11) is 0. The first-order valence-electron chi connectivity index (χ1n) is 6.28. The molecule has 1 heterocycles. The van der Waals surface area contributed by atoms with Crippen LogP contribution in [0.1, 0.15) is 41.8 Å². The first-order chi connectivity index (χ1) is 8.16. The Morgan fingerprint density at radius 3 is 3.00 bits per heavy atom. The molecule has 1 nitrogen and oxygen atoms in total. The second-order valence-electron chi connectivity index (χ2n) is 5.18. The highest BCUT2D eigenvalue weighted by atomic mass is 35.5. The van der Waals surface area contributed by atoms with E-state index in [-0.39, 0.29) is 5.38 Å². The van der Waals surface area contributed by atoms with E-state index in [1.54, 1.807) is 0 Å². The number of alkyl halides is 1. The van der Waals surface area contributed by atoms with Crippen LogP contribution >= 0.6 is 23.2 Å². The molecule has 1 aromatic carbocycles. The second-order valence-corrected chi connectivity index (χ2v) is 6.12. The fraction of sp³-hybridized carbons (Fsp3) is 0.571. The van der Waals surface area contributed by atoms with Gasteiger partial charge in [-0.15, -0.1) is 11.6 Å². The number of rotatable bonds is 0. The minimum Gasteiger partial charge on any atom is -0.493 e. The Morgan fingerprint density at radius 2 is 2.18 bits per heavy atom. The number of halogens is 2. The molecule has 0 bridgehead atoms. The molecule has 0 spiro atoms. The average molecular weight is 271 g/mol. The third-order valence-corrected chi connectivity index (χ3v) is 4.59. The maximum Gasteiger partial charge on any atom is 0.126 e. The molecule has 0 fully saturated rings. The molecule has 1 aromatic rings. The zero-order chi connectivity index (χ0) is 12.0. The third-order valence-electron chi connectivity index (χ3n) is 3.88. The fourth-order valence-electron chi connectivity index (χ4n) is 2.95. The van der Waals surface area contributed by atoms with Gasteiger partial charge in [-0.25, -0.2) is 0 Å². The molecule has 3 heteroatoms. The Kier molecular flexibility index (Phi) is 3.00. The molecule has 17 heavy (non-hydrogen) atoms. The first kappa shape index (κ1) is 11.7. The van der Waals surface area contributed by atoms with Crippen LogP contribution in [0.4, 0.5) is 0 Å². The third kappa shape index (κ3) is 1.94. The van der Waals surface area contributed by atoms with Crippen LogP contribution in [0.3, 0.4) is 0 Å². The fourth-order valence-corrected chi connectivity index (χ4v) is 3.94. The summed E-state index contributed by atoms with van der Waals surface area (Å²) in [5.41, 5.74) is 3.65. The Labute approximate surface area is 112 Å². The molecule has 92 valence electrons. The van der Waals surface area contributed by atoms with E-state index in [1.165, 1.54) is 17.5 Å². The molecule has 0 radical (unpaired) electrons. The van der Waals surface area contributed by atoms with Crippen LogP contribution in [0.5, 0.6) is 5.75 Å². The number of ether oxygens (including phenoxy) is 1. The van der Waals surface area contributed by atoms with Gasteiger partial charge < -0.3 is 4.74 Å². The summed E-state index contributed by atoms with van der Waals surface area (Å²) in [6.07, 6.45) is 4.20. The van der Waals surface area contributed by atoms with Crippen LogP contribution < -0.4 is 4.74 Å². The highest BCUT2D eigenvalue weighted by Crippen LogP contribution is 2.46. The molecule has 1 aliphatic heterocycles. The minimum atomic E-state index is 0.0319. The highest BCUT2D eigenvalue weighted by molar-refractivity contribution is 6.33. The number of benzene rings is 1. The van der Waals surface area contributed by atoms with Crippen LogP contribution in [0.25, 0.3) is 0 Å². The maximum atomic E-state index is 6.51. The van der Waals surface area contributed by atoms with E-state index in [4.69, 9.17) is 27.9 Å². The largest absolute Gasteiger partial charge is 0.493 e. The van der Waals surface area contributed by atoms with Gasteiger partial charge in [0.15, 0.2) is 0 Å². The average Bonchev–Trinajstić information content (AvgIpc) is 2.66. The van der Waals surface area contributed by atoms with Gasteiger partial charge in [-0.05, 0) is 42.4 Å². The van der Waals surface area contributed by atoms with Gasteiger partial charge in [0.1, 0.15) is 5.75 Å². The van der Waals surface area contributed by atoms with E-state index in [0.29, 0.717) is 5.92 Å². The van der Waals surface area contributed by atoms with Gasteiger partial charge in [-0.3, -0.25) is 0 Å². The molecule has 2 aliphatic rings. The van der Waals surface area contributed by atoms with Crippen LogP contribution in [0, 0.1) is 5.92 Å². The SMILES string of the molecule is CC1CCc2c3c(cc(Cl)c2C(Cl)C1)CCO3. The maximum absolute atomic E-state index is 6.51. The van der Waals surface area contributed by atoms with Gasteiger partial charge in [0.25, 0.3) is 0 Å². The van der Waals surface area contributed by atoms with Gasteiger partial charge in [0.05, 0.1) is 12.0 Å². The van der Waals surface area contributed by atoms with Crippen molar-refractivity contribution < 1.29 is 4.74 Å². The van der Waals surface area contributed by atoms with Crippen LogP contribution in [0.2, 0.25) is 5.02 Å². The van der Waals surface area contributed by atoms with Gasteiger partial charge >= 0.3 is 0 Å². The van der Waals surface area contributed by atoms with E-state index in [1.807, 2.05) is 6.07 Å². The molecule has 2 unspecified atom stereocenters. The van der Waals surface area contributed by atoms with Crippen molar-refractivity contribution in [2.45, 2.75) is 38.0 Å². The van der Waals surface area contributed by atoms with Crippen molar-refractivity contribution in [3.63, 3.8) is 0 Å². The van der Waals surface area contributed by atoms with Crippen molar-refractivity contribution in [2.24, 2.45) is 5.92 Å². The number of hydrogen-bond acceptors (Lipinski definition) is 1. The summed E-state index contributed by atoms with van der Waals surface area (Å²) in [6, 6.07) is 2.05. The van der Waals surface area contributed by atoms with E-state index in [0.717, 1.165) is 42.2 Å². The van der Waals surface area contributed by atoms with Crippen molar-refractivity contribution in [1.29, 1.82) is 0 Å². The Morgan fingerprint density at radius 1 is 1.35 bits per heavy atom. The molecule has 2 atom stereocenters. The van der Waals surface area contributed by atoms with Crippen molar-refractivity contribution in [3.8, 4) is 5.75 Å². The van der Waals surface area contributed by atoms with E-state index in [9.17, 15) is 0 Å². The Bertz CT molecular complexity index is 456. The molecule has 1 aliphatic carbocycles. The van der Waals surface area contributed by atoms with Crippen molar-refractivity contribution >= 4 is 23.2 Å². The monoisotopic (exact) mass is 270 g/mol. The molecule has 0 saturated heterocycles. The highest BCUT2D eigenvalue weighted by Gasteiger charge is 2.29. The lowest BCUT2D eigenvalue weighted by Gasteiger charge is -2.16. The van der Waals surface area contributed by atoms with Gasteiger partial charge in [0, 0.05) is 17.0 Å². The lowest BCUT2D eigenvalue weighted by atomic mass is 9.98. The second kappa shape index (κ2) is 4.37. The van der Waals surface area contributed by atoms with Gasteiger partial charge in [-0.2, -0.15) is 0 Å². The molecule has 0 N–H and O–H groups in total. The molecule has 3 rings (SSSR count). The first-order valence-corrected chi connectivity index (χ1v) is 7.09. The molecular formula is C14H16Cl2O. The topological polar surface area (TPSA) is 9.23 Å². The summed E-state index contributed by atoms with van der Waals surface area (Å²) < 4.78 is 5.77. The zero-order valence-corrected chi connectivity index (χ0v) is 11.4. The summed E-state index contributed by atoms with van der Waals surface area (Å²) in [5, 5.41) is 0.864. The van der Waals surface area contributed by atoms with Crippen LogP contribution in [-0.2, 0) is 12.8 Å². The predicted molar refractivity (Wildman–Crippen MR) is 71.3 cm³/mol.